The molecule has 0 saturated heterocycles. The maximum Gasteiger partial charge on any atom is 0.0818 e. The second-order valence-electron chi connectivity index (χ2n) is 6.44. The average molecular weight is 264 g/mol. The summed E-state index contributed by atoms with van der Waals surface area (Å²) in [5, 5.41) is 13.3. The summed E-state index contributed by atoms with van der Waals surface area (Å²) < 4.78 is 0. The molecule has 108 valence electrons. The van der Waals surface area contributed by atoms with Crippen molar-refractivity contribution in [2.45, 2.75) is 45.8 Å². The normalized spacial score (nSPS) is 15.2. The fraction of sp³-hybridized carbons (Fsp3) is 0.625. The Morgan fingerprint density at radius 3 is 2.42 bits per heavy atom. The van der Waals surface area contributed by atoms with Gasteiger partial charge in [-0.25, -0.2) is 0 Å². The van der Waals surface area contributed by atoms with Crippen LogP contribution in [-0.4, -0.2) is 30.3 Å². The molecule has 1 aromatic carbocycles. The van der Waals surface area contributed by atoms with E-state index in [2.05, 4.69) is 26.1 Å². The minimum Gasteiger partial charge on any atom is -0.390 e. The molecule has 3 heteroatoms. The molecule has 1 aromatic rings. The van der Waals surface area contributed by atoms with Crippen molar-refractivity contribution < 1.29 is 5.11 Å². The molecule has 0 aliphatic heterocycles. The van der Waals surface area contributed by atoms with Gasteiger partial charge >= 0.3 is 0 Å². The maximum atomic E-state index is 10.0. The first-order valence-electron chi connectivity index (χ1n) is 7.07. The summed E-state index contributed by atoms with van der Waals surface area (Å²) in [6.07, 6.45) is 1.30. The Kier molecular flexibility index (Phi) is 6.49. The van der Waals surface area contributed by atoms with Gasteiger partial charge in [-0.15, -0.1) is 0 Å². The van der Waals surface area contributed by atoms with Gasteiger partial charge in [0.2, 0.25) is 0 Å². The van der Waals surface area contributed by atoms with Gasteiger partial charge in [0.05, 0.1) is 6.10 Å². The standard InChI is InChI=1S/C16H28N2O/c1-16(2,3)9-10-18-12-15(19)14(17)11-13-7-5-4-6-8-13/h4-8,14-15,18-19H,9-12,17H2,1-3H3. The summed E-state index contributed by atoms with van der Waals surface area (Å²) in [4.78, 5) is 0. The first-order valence-corrected chi connectivity index (χ1v) is 7.07. The lowest BCUT2D eigenvalue weighted by molar-refractivity contribution is 0.140. The van der Waals surface area contributed by atoms with Crippen molar-refractivity contribution in [3.63, 3.8) is 0 Å². The zero-order valence-corrected chi connectivity index (χ0v) is 12.4. The molecule has 0 radical (unpaired) electrons. The minimum absolute atomic E-state index is 0.218. The summed E-state index contributed by atoms with van der Waals surface area (Å²) in [5.41, 5.74) is 7.52. The van der Waals surface area contributed by atoms with E-state index in [1.54, 1.807) is 0 Å². The first-order chi connectivity index (χ1) is 8.88. The fourth-order valence-corrected chi connectivity index (χ4v) is 1.89. The van der Waals surface area contributed by atoms with Crippen molar-refractivity contribution in [1.82, 2.24) is 5.32 Å². The lowest BCUT2D eigenvalue weighted by atomic mass is 9.92. The highest BCUT2D eigenvalue weighted by Gasteiger charge is 2.15. The molecule has 0 aliphatic rings. The van der Waals surface area contributed by atoms with Crippen LogP contribution in [0.25, 0.3) is 0 Å². The van der Waals surface area contributed by atoms with Gasteiger partial charge in [0, 0.05) is 12.6 Å². The third-order valence-corrected chi connectivity index (χ3v) is 3.21. The van der Waals surface area contributed by atoms with Crippen LogP contribution < -0.4 is 11.1 Å². The number of hydrogen-bond donors (Lipinski definition) is 3. The summed E-state index contributed by atoms with van der Waals surface area (Å²) >= 11 is 0. The Morgan fingerprint density at radius 1 is 1.21 bits per heavy atom. The average Bonchev–Trinajstić information content (AvgIpc) is 2.34. The number of benzene rings is 1. The number of rotatable bonds is 7. The van der Waals surface area contributed by atoms with E-state index in [0.717, 1.165) is 13.0 Å². The molecule has 3 nitrogen and oxygen atoms in total. The SMILES string of the molecule is CC(C)(C)CCNCC(O)C(N)Cc1ccccc1. The van der Waals surface area contributed by atoms with Gasteiger partial charge in [-0.2, -0.15) is 0 Å². The molecule has 2 unspecified atom stereocenters. The summed E-state index contributed by atoms with van der Waals surface area (Å²) in [7, 11) is 0. The summed E-state index contributed by atoms with van der Waals surface area (Å²) in [6, 6.07) is 9.84. The van der Waals surface area contributed by atoms with Crippen LogP contribution in [0.5, 0.6) is 0 Å². The molecule has 0 heterocycles. The third kappa shape index (κ3) is 7.31. The number of nitrogens with two attached hydrogens (primary N) is 1. The first kappa shape index (κ1) is 16.2. The smallest absolute Gasteiger partial charge is 0.0818 e. The predicted molar refractivity (Wildman–Crippen MR) is 81.1 cm³/mol. The van der Waals surface area contributed by atoms with Gasteiger partial charge in [0.25, 0.3) is 0 Å². The van der Waals surface area contributed by atoms with E-state index >= 15 is 0 Å². The van der Waals surface area contributed by atoms with Crippen LogP contribution in [0.3, 0.4) is 0 Å². The fourth-order valence-electron chi connectivity index (χ4n) is 1.89. The molecule has 0 saturated carbocycles. The van der Waals surface area contributed by atoms with E-state index in [9.17, 15) is 5.11 Å². The van der Waals surface area contributed by atoms with Gasteiger partial charge in [-0.1, -0.05) is 51.1 Å². The molecule has 0 fully saturated rings. The second kappa shape index (κ2) is 7.63. The molecular weight excluding hydrogens is 236 g/mol. The van der Waals surface area contributed by atoms with Crippen molar-refractivity contribution in [2.24, 2.45) is 11.1 Å². The van der Waals surface area contributed by atoms with Crippen LogP contribution >= 0.6 is 0 Å². The highest BCUT2D eigenvalue weighted by atomic mass is 16.3. The lowest BCUT2D eigenvalue weighted by Crippen LogP contribution is -2.43. The van der Waals surface area contributed by atoms with Crippen molar-refractivity contribution in [1.29, 1.82) is 0 Å². The van der Waals surface area contributed by atoms with Crippen molar-refractivity contribution in [2.75, 3.05) is 13.1 Å². The minimum atomic E-state index is -0.500. The van der Waals surface area contributed by atoms with Gasteiger partial charge in [-0.3, -0.25) is 0 Å². The number of aliphatic hydroxyl groups is 1. The van der Waals surface area contributed by atoms with E-state index in [0.29, 0.717) is 18.4 Å². The molecule has 0 amide bonds. The van der Waals surface area contributed by atoms with E-state index in [1.807, 2.05) is 30.3 Å². The molecule has 0 spiro atoms. The zero-order chi connectivity index (χ0) is 14.3. The maximum absolute atomic E-state index is 10.0. The summed E-state index contributed by atoms with van der Waals surface area (Å²) in [5.74, 6) is 0. The largest absolute Gasteiger partial charge is 0.390 e. The van der Waals surface area contributed by atoms with Gasteiger partial charge in [0.15, 0.2) is 0 Å². The van der Waals surface area contributed by atoms with Crippen LogP contribution in [0.15, 0.2) is 30.3 Å². The molecule has 0 bridgehead atoms. The quantitative estimate of drug-likeness (QED) is 0.660. The number of nitrogens with one attached hydrogen (secondary N) is 1. The van der Waals surface area contributed by atoms with Crippen molar-refractivity contribution >= 4 is 0 Å². The van der Waals surface area contributed by atoms with E-state index in [1.165, 1.54) is 5.56 Å². The van der Waals surface area contributed by atoms with Crippen molar-refractivity contribution in [3.8, 4) is 0 Å². The Morgan fingerprint density at radius 2 is 1.84 bits per heavy atom. The zero-order valence-electron chi connectivity index (χ0n) is 12.4. The van der Waals surface area contributed by atoms with E-state index in [-0.39, 0.29) is 6.04 Å². The molecule has 2 atom stereocenters. The highest BCUT2D eigenvalue weighted by molar-refractivity contribution is 5.16. The monoisotopic (exact) mass is 264 g/mol. The Labute approximate surface area is 117 Å². The summed E-state index contributed by atoms with van der Waals surface area (Å²) in [6.45, 7) is 8.12. The van der Waals surface area contributed by atoms with Gasteiger partial charge in [-0.05, 0) is 30.4 Å². The molecule has 1 rings (SSSR count). The predicted octanol–water partition coefficient (Wildman–Crippen LogP) is 1.94. The van der Waals surface area contributed by atoms with Crippen LogP contribution in [0.4, 0.5) is 0 Å². The highest BCUT2D eigenvalue weighted by Crippen LogP contribution is 2.16. The Balaban J connectivity index is 2.24. The van der Waals surface area contributed by atoms with Crippen LogP contribution in [0.1, 0.15) is 32.8 Å². The van der Waals surface area contributed by atoms with Gasteiger partial charge in [0.1, 0.15) is 0 Å². The number of aliphatic hydroxyl groups excluding tert-OH is 1. The van der Waals surface area contributed by atoms with Crippen molar-refractivity contribution in [3.05, 3.63) is 35.9 Å². The van der Waals surface area contributed by atoms with E-state index < -0.39 is 6.10 Å². The van der Waals surface area contributed by atoms with Crippen LogP contribution in [-0.2, 0) is 6.42 Å². The molecule has 4 N–H and O–H groups in total. The molecular formula is C16H28N2O. The Hall–Kier alpha value is -0.900. The Bertz CT molecular complexity index is 346. The lowest BCUT2D eigenvalue weighted by Gasteiger charge is -2.22. The topological polar surface area (TPSA) is 58.3 Å². The van der Waals surface area contributed by atoms with Gasteiger partial charge < -0.3 is 16.2 Å². The van der Waals surface area contributed by atoms with Crippen LogP contribution in [0, 0.1) is 5.41 Å². The second-order valence-corrected chi connectivity index (χ2v) is 6.44. The molecule has 0 aromatic heterocycles. The van der Waals surface area contributed by atoms with Crippen LogP contribution in [0.2, 0.25) is 0 Å². The number of hydrogen-bond acceptors (Lipinski definition) is 3. The third-order valence-electron chi connectivity index (χ3n) is 3.21. The van der Waals surface area contributed by atoms with E-state index in [4.69, 9.17) is 5.73 Å². The molecule has 0 aliphatic carbocycles. The molecule has 19 heavy (non-hydrogen) atoms.